The number of amidine groups is 1. The van der Waals surface area contributed by atoms with Crippen LogP contribution in [-0.2, 0) is 16.1 Å². The van der Waals surface area contributed by atoms with Crippen LogP contribution in [0.4, 0.5) is 0 Å². The summed E-state index contributed by atoms with van der Waals surface area (Å²) >= 11 is 0. The monoisotopic (exact) mass is 427 g/mol. The summed E-state index contributed by atoms with van der Waals surface area (Å²) in [6.07, 6.45) is 1.68. The Kier molecular flexibility index (Phi) is 10.2. The lowest BCUT2D eigenvalue weighted by Gasteiger charge is -2.30. The zero-order valence-corrected chi connectivity index (χ0v) is 18.9. The third kappa shape index (κ3) is 6.89. The fraction of sp³-hybridized carbons (Fsp3) is 0.417. The van der Waals surface area contributed by atoms with Gasteiger partial charge in [0.05, 0.1) is 25.5 Å². The van der Waals surface area contributed by atoms with Gasteiger partial charge in [-0.15, -0.1) is 0 Å². The first-order valence-electron chi connectivity index (χ1n) is 10.5. The van der Waals surface area contributed by atoms with Crippen molar-refractivity contribution in [2.45, 2.75) is 27.4 Å². The number of morpholine rings is 1. The van der Waals surface area contributed by atoms with E-state index in [1.165, 1.54) is 0 Å². The van der Waals surface area contributed by atoms with Crippen LogP contribution >= 0.6 is 0 Å². The Morgan fingerprint density at radius 3 is 2.65 bits per heavy atom. The van der Waals surface area contributed by atoms with Gasteiger partial charge in [0.15, 0.2) is 12.6 Å². The van der Waals surface area contributed by atoms with Crippen molar-refractivity contribution >= 4 is 11.5 Å². The molecule has 0 spiro atoms. The van der Waals surface area contributed by atoms with E-state index in [4.69, 9.17) is 19.2 Å². The molecule has 0 bridgehead atoms. The minimum Gasteiger partial charge on any atom is -0.468 e. The Bertz CT molecular complexity index is 877. The molecule has 2 heterocycles. The highest BCUT2D eigenvalue weighted by atomic mass is 16.7. The number of methoxy groups -OCH3 is 1. The number of aromatic nitrogens is 1. The highest BCUT2D eigenvalue weighted by Crippen LogP contribution is 2.22. The van der Waals surface area contributed by atoms with Crippen LogP contribution in [0, 0.1) is 6.92 Å². The molecular formula is C24H33N3O4. The average Bonchev–Trinajstić information content (AvgIpc) is 2.83. The summed E-state index contributed by atoms with van der Waals surface area (Å²) in [5, 5.41) is 9.39. The van der Waals surface area contributed by atoms with Gasteiger partial charge in [-0.25, -0.2) is 4.99 Å². The third-order valence-corrected chi connectivity index (χ3v) is 4.59. The second-order valence-corrected chi connectivity index (χ2v) is 6.73. The van der Waals surface area contributed by atoms with Crippen LogP contribution in [0.2, 0.25) is 0 Å². The lowest BCUT2D eigenvalue weighted by molar-refractivity contribution is 0.0511. The molecule has 0 unspecified atom stereocenters. The average molecular weight is 428 g/mol. The molecule has 1 fully saturated rings. The molecule has 1 aromatic heterocycles. The van der Waals surface area contributed by atoms with E-state index < -0.39 is 0 Å². The van der Waals surface area contributed by atoms with Crippen LogP contribution < -0.4 is 4.74 Å². The minimum atomic E-state index is -0.0425. The van der Waals surface area contributed by atoms with Crippen molar-refractivity contribution < 1.29 is 19.3 Å². The lowest BCUT2D eigenvalue weighted by Crippen LogP contribution is -2.41. The number of aryl methyl sites for hydroxylation is 1. The molecule has 2 aromatic rings. The van der Waals surface area contributed by atoms with Crippen LogP contribution in [0.5, 0.6) is 5.75 Å². The molecule has 31 heavy (non-hydrogen) atoms. The summed E-state index contributed by atoms with van der Waals surface area (Å²) in [6.45, 7) is 13.0. The fourth-order valence-corrected chi connectivity index (χ4v) is 3.09. The quantitative estimate of drug-likeness (QED) is 0.413. The molecule has 0 saturated carbocycles. The number of ether oxygens (including phenoxy) is 3. The van der Waals surface area contributed by atoms with Gasteiger partial charge in [-0.1, -0.05) is 32.6 Å². The number of rotatable bonds is 7. The molecule has 0 amide bonds. The molecule has 1 N–H and O–H groups in total. The fourth-order valence-electron chi connectivity index (χ4n) is 3.09. The van der Waals surface area contributed by atoms with E-state index >= 15 is 0 Å². The van der Waals surface area contributed by atoms with Gasteiger partial charge in [0.25, 0.3) is 0 Å². The van der Waals surface area contributed by atoms with Gasteiger partial charge in [-0.2, -0.15) is 0 Å². The third-order valence-electron chi connectivity index (χ3n) is 4.59. The van der Waals surface area contributed by atoms with Crippen LogP contribution in [-0.4, -0.2) is 61.0 Å². The topological polar surface area (TPSA) is 76.4 Å². The van der Waals surface area contributed by atoms with Crippen LogP contribution in [0.1, 0.15) is 36.2 Å². The first-order valence-corrected chi connectivity index (χ1v) is 10.5. The molecule has 168 valence electrons. The Morgan fingerprint density at radius 2 is 2.00 bits per heavy atom. The van der Waals surface area contributed by atoms with E-state index in [-0.39, 0.29) is 13.4 Å². The van der Waals surface area contributed by atoms with Gasteiger partial charge in [-0.3, -0.25) is 4.98 Å². The number of hydrogen-bond donors (Lipinski definition) is 1. The summed E-state index contributed by atoms with van der Waals surface area (Å²) in [5.41, 5.74) is 3.97. The van der Waals surface area contributed by atoms with Crippen molar-refractivity contribution in [3.8, 4) is 5.75 Å². The van der Waals surface area contributed by atoms with E-state index in [0.29, 0.717) is 24.7 Å². The second kappa shape index (κ2) is 12.8. The Labute approximate surface area is 185 Å². The van der Waals surface area contributed by atoms with Gasteiger partial charge in [-0.05, 0) is 36.2 Å². The summed E-state index contributed by atoms with van der Waals surface area (Å²) in [4.78, 5) is 11.6. The molecule has 7 heteroatoms. The van der Waals surface area contributed by atoms with E-state index in [0.717, 1.165) is 41.3 Å². The smallest absolute Gasteiger partial charge is 0.188 e. The normalized spacial score (nSPS) is 14.0. The standard InChI is InChI=1S/C22H27N3O4.C2H6/c1-16-11-18(14-26)13-23-21(16)22(25-7-9-28-10-8-25)24-17(2)19-5-4-6-20(12-19)29-15-27-3;1-2/h4-6,11-13,26H,2,7-10,14-15H2,1,3H3;1-2H3. The number of hydrogen-bond acceptors (Lipinski definition) is 6. The maximum Gasteiger partial charge on any atom is 0.188 e. The SMILES string of the molecule is C=C(N=C(c1ncc(CO)cc1C)N1CCOCC1)c1cccc(OCOC)c1.CC. The number of aliphatic hydroxyl groups is 1. The van der Waals surface area contributed by atoms with Crippen molar-refractivity contribution in [3.05, 3.63) is 65.5 Å². The van der Waals surface area contributed by atoms with Crippen molar-refractivity contribution in [1.29, 1.82) is 0 Å². The molecule has 1 aromatic carbocycles. The minimum absolute atomic E-state index is 0.0425. The summed E-state index contributed by atoms with van der Waals surface area (Å²) in [5.74, 6) is 1.44. The van der Waals surface area contributed by atoms with Gasteiger partial charge >= 0.3 is 0 Å². The van der Waals surface area contributed by atoms with Crippen molar-refractivity contribution in [2.24, 2.45) is 4.99 Å². The first kappa shape index (κ1) is 24.5. The van der Waals surface area contributed by atoms with Crippen molar-refractivity contribution in [3.63, 3.8) is 0 Å². The molecule has 1 saturated heterocycles. The van der Waals surface area contributed by atoms with Crippen LogP contribution in [0.3, 0.4) is 0 Å². The highest BCUT2D eigenvalue weighted by Gasteiger charge is 2.20. The molecule has 1 aliphatic heterocycles. The number of pyridine rings is 1. The van der Waals surface area contributed by atoms with E-state index in [1.807, 2.05) is 51.1 Å². The van der Waals surface area contributed by atoms with E-state index in [2.05, 4.69) is 16.5 Å². The Balaban J connectivity index is 0.00000166. The molecule has 0 atom stereocenters. The van der Waals surface area contributed by atoms with Crippen LogP contribution in [0.15, 0.2) is 48.1 Å². The number of aliphatic imine (C=N–C) groups is 1. The molecule has 0 radical (unpaired) electrons. The number of nitrogens with zero attached hydrogens (tertiary/aromatic N) is 3. The van der Waals surface area contributed by atoms with Gasteiger partial charge in [0.2, 0.25) is 0 Å². The Hall–Kier alpha value is -2.74. The van der Waals surface area contributed by atoms with Gasteiger partial charge < -0.3 is 24.2 Å². The maximum absolute atomic E-state index is 9.39. The molecule has 7 nitrogen and oxygen atoms in total. The second-order valence-electron chi connectivity index (χ2n) is 6.73. The zero-order chi connectivity index (χ0) is 22.6. The molecule has 1 aliphatic rings. The molecule has 3 rings (SSSR count). The number of benzene rings is 1. The summed E-state index contributed by atoms with van der Waals surface area (Å²) in [7, 11) is 1.58. The predicted molar refractivity (Wildman–Crippen MR) is 123 cm³/mol. The Morgan fingerprint density at radius 1 is 1.26 bits per heavy atom. The van der Waals surface area contributed by atoms with E-state index in [1.54, 1.807) is 13.3 Å². The van der Waals surface area contributed by atoms with Crippen molar-refractivity contribution in [1.82, 2.24) is 9.88 Å². The molecule has 0 aliphatic carbocycles. The van der Waals surface area contributed by atoms with Gasteiger partial charge in [0, 0.05) is 32.0 Å². The number of aliphatic hydroxyl groups excluding tert-OH is 1. The van der Waals surface area contributed by atoms with E-state index in [9.17, 15) is 5.11 Å². The maximum atomic E-state index is 9.39. The zero-order valence-electron chi connectivity index (χ0n) is 18.9. The summed E-state index contributed by atoms with van der Waals surface area (Å²) < 4.78 is 16.0. The first-order chi connectivity index (χ1) is 15.1. The summed E-state index contributed by atoms with van der Waals surface area (Å²) in [6, 6.07) is 9.52. The van der Waals surface area contributed by atoms with Crippen molar-refractivity contribution in [2.75, 3.05) is 40.2 Å². The highest BCUT2D eigenvalue weighted by molar-refractivity contribution is 6.01. The van der Waals surface area contributed by atoms with Gasteiger partial charge in [0.1, 0.15) is 11.4 Å². The molecular weight excluding hydrogens is 394 g/mol. The lowest BCUT2D eigenvalue weighted by atomic mass is 10.1. The largest absolute Gasteiger partial charge is 0.468 e. The van der Waals surface area contributed by atoms with Crippen LogP contribution in [0.25, 0.3) is 5.70 Å². The predicted octanol–water partition coefficient (Wildman–Crippen LogP) is 3.64.